The van der Waals surface area contributed by atoms with E-state index < -0.39 is 12.4 Å². The molecule has 2 aromatic rings. The molecule has 0 saturated carbocycles. The van der Waals surface area contributed by atoms with Gasteiger partial charge in [-0.25, -0.2) is 13.6 Å². The van der Waals surface area contributed by atoms with E-state index in [0.717, 1.165) is 0 Å². The van der Waals surface area contributed by atoms with Crippen molar-refractivity contribution in [2.45, 2.75) is 6.43 Å². The van der Waals surface area contributed by atoms with Crippen molar-refractivity contribution < 1.29 is 18.3 Å². The predicted molar refractivity (Wildman–Crippen MR) is 52.4 cm³/mol. The van der Waals surface area contributed by atoms with Gasteiger partial charge in [0.1, 0.15) is 5.69 Å². The van der Waals surface area contributed by atoms with Crippen LogP contribution < -0.4 is 0 Å². The number of fused-ring (bicyclic) bond motifs is 1. The number of esters is 1. The molecule has 0 amide bonds. The number of aromatic nitrogens is 2. The van der Waals surface area contributed by atoms with Crippen molar-refractivity contribution in [3.05, 3.63) is 29.5 Å². The minimum Gasteiger partial charge on any atom is -0.465 e. The Kier molecular flexibility index (Phi) is 2.55. The van der Waals surface area contributed by atoms with Crippen LogP contribution in [0.2, 0.25) is 0 Å². The number of hydrogen-bond donors (Lipinski definition) is 1. The summed E-state index contributed by atoms with van der Waals surface area (Å²) < 4.78 is 29.8. The molecule has 1 aromatic heterocycles. The third-order valence-electron chi connectivity index (χ3n) is 2.23. The fourth-order valence-corrected chi connectivity index (χ4v) is 1.53. The number of ether oxygens (including phenoxy) is 1. The molecule has 16 heavy (non-hydrogen) atoms. The maximum atomic E-state index is 12.7. The van der Waals surface area contributed by atoms with Gasteiger partial charge in [0.15, 0.2) is 0 Å². The highest BCUT2D eigenvalue weighted by Gasteiger charge is 2.20. The summed E-state index contributed by atoms with van der Waals surface area (Å²) >= 11 is 0. The average molecular weight is 226 g/mol. The fourth-order valence-electron chi connectivity index (χ4n) is 1.53. The zero-order valence-corrected chi connectivity index (χ0v) is 8.33. The van der Waals surface area contributed by atoms with Crippen LogP contribution in [0, 0.1) is 0 Å². The van der Waals surface area contributed by atoms with E-state index in [0.29, 0.717) is 5.52 Å². The van der Waals surface area contributed by atoms with Crippen LogP contribution in [0.25, 0.3) is 10.9 Å². The Morgan fingerprint density at radius 2 is 2.25 bits per heavy atom. The second-order valence-corrected chi connectivity index (χ2v) is 3.13. The van der Waals surface area contributed by atoms with Gasteiger partial charge in [-0.1, -0.05) is 6.07 Å². The molecule has 0 atom stereocenters. The van der Waals surface area contributed by atoms with Crippen LogP contribution in [0.4, 0.5) is 8.78 Å². The number of H-pyrrole nitrogens is 1. The van der Waals surface area contributed by atoms with Crippen molar-refractivity contribution in [2.24, 2.45) is 0 Å². The summed E-state index contributed by atoms with van der Waals surface area (Å²) in [6.07, 6.45) is -2.71. The number of halogens is 2. The van der Waals surface area contributed by atoms with Gasteiger partial charge in [-0.2, -0.15) is 5.10 Å². The van der Waals surface area contributed by atoms with Gasteiger partial charge in [-0.05, 0) is 12.1 Å². The molecule has 0 saturated heterocycles. The first-order chi connectivity index (χ1) is 7.65. The second-order valence-electron chi connectivity index (χ2n) is 3.13. The Hall–Kier alpha value is -1.98. The molecule has 84 valence electrons. The molecule has 1 heterocycles. The first-order valence-corrected chi connectivity index (χ1v) is 4.48. The van der Waals surface area contributed by atoms with Gasteiger partial charge in [0.25, 0.3) is 6.43 Å². The lowest BCUT2D eigenvalue weighted by Gasteiger charge is -2.02. The van der Waals surface area contributed by atoms with Crippen molar-refractivity contribution >= 4 is 16.9 Å². The van der Waals surface area contributed by atoms with Crippen LogP contribution in [-0.4, -0.2) is 23.3 Å². The van der Waals surface area contributed by atoms with Gasteiger partial charge in [0.2, 0.25) is 0 Å². The Bertz CT molecular complexity index is 537. The summed E-state index contributed by atoms with van der Waals surface area (Å²) in [5.74, 6) is -0.658. The molecule has 0 unspecified atom stereocenters. The Morgan fingerprint density at radius 1 is 1.50 bits per heavy atom. The number of methoxy groups -OCH3 is 1. The summed E-state index contributed by atoms with van der Waals surface area (Å²) in [4.78, 5) is 11.4. The van der Waals surface area contributed by atoms with E-state index in [9.17, 15) is 13.6 Å². The largest absolute Gasteiger partial charge is 0.465 e. The molecule has 1 N–H and O–H groups in total. The molecule has 0 aliphatic carbocycles. The standard InChI is InChI=1S/C10H8F2N2O2/c1-16-10(15)5-3-2-4-6-7(5)8(9(11)12)14-13-6/h2-4,9H,1H3,(H,13,14). The molecule has 0 aliphatic heterocycles. The molecule has 4 nitrogen and oxygen atoms in total. The van der Waals surface area contributed by atoms with Crippen molar-refractivity contribution in [2.75, 3.05) is 7.11 Å². The first kappa shape index (κ1) is 10.5. The van der Waals surface area contributed by atoms with E-state index in [1.54, 1.807) is 12.1 Å². The lowest BCUT2D eigenvalue weighted by atomic mass is 10.1. The zero-order valence-electron chi connectivity index (χ0n) is 8.33. The zero-order chi connectivity index (χ0) is 11.7. The van der Waals surface area contributed by atoms with E-state index >= 15 is 0 Å². The molecule has 6 heteroatoms. The van der Waals surface area contributed by atoms with Gasteiger partial charge >= 0.3 is 5.97 Å². The number of aromatic amines is 1. The highest BCUT2D eigenvalue weighted by atomic mass is 19.3. The first-order valence-electron chi connectivity index (χ1n) is 4.48. The predicted octanol–water partition coefficient (Wildman–Crippen LogP) is 2.29. The molecule has 0 radical (unpaired) electrons. The highest BCUT2D eigenvalue weighted by Crippen LogP contribution is 2.28. The van der Waals surface area contributed by atoms with E-state index in [4.69, 9.17) is 0 Å². The molecule has 0 fully saturated rings. The summed E-state index contributed by atoms with van der Waals surface area (Å²) in [5.41, 5.74) is 0.0400. The van der Waals surface area contributed by atoms with Gasteiger partial charge in [0, 0.05) is 5.39 Å². The van der Waals surface area contributed by atoms with E-state index in [1.807, 2.05) is 0 Å². The smallest absolute Gasteiger partial charge is 0.338 e. The third kappa shape index (κ3) is 1.52. The minimum absolute atomic E-state index is 0.0871. The lowest BCUT2D eigenvalue weighted by molar-refractivity contribution is 0.0603. The molecule has 0 bridgehead atoms. The molecular weight excluding hydrogens is 218 g/mol. The number of hydrogen-bond acceptors (Lipinski definition) is 3. The van der Waals surface area contributed by atoms with E-state index in [1.165, 1.54) is 13.2 Å². The number of carbonyl (C=O) groups excluding carboxylic acids is 1. The average Bonchev–Trinajstić information content (AvgIpc) is 2.71. The van der Waals surface area contributed by atoms with Crippen LogP contribution in [0.15, 0.2) is 18.2 Å². The summed E-state index contributed by atoms with van der Waals surface area (Å²) in [7, 11) is 1.20. The SMILES string of the molecule is COC(=O)c1cccc2n[nH]c(C(F)F)c12. The summed E-state index contributed by atoms with van der Waals surface area (Å²) in [6, 6.07) is 4.53. The van der Waals surface area contributed by atoms with Gasteiger partial charge in [0.05, 0.1) is 18.2 Å². The number of alkyl halides is 2. The van der Waals surface area contributed by atoms with E-state index in [-0.39, 0.29) is 16.6 Å². The van der Waals surface area contributed by atoms with Crippen LogP contribution in [-0.2, 0) is 4.74 Å². The van der Waals surface area contributed by atoms with Gasteiger partial charge < -0.3 is 4.74 Å². The van der Waals surface area contributed by atoms with Crippen molar-refractivity contribution in [3.63, 3.8) is 0 Å². The van der Waals surface area contributed by atoms with Gasteiger partial charge in [-0.3, -0.25) is 5.10 Å². The summed E-state index contributed by atoms with van der Waals surface area (Å²) in [5, 5.41) is 6.04. The second kappa shape index (κ2) is 3.88. The molecule has 0 spiro atoms. The Balaban J connectivity index is 2.73. The maximum absolute atomic E-state index is 12.7. The summed E-state index contributed by atoms with van der Waals surface area (Å²) in [6.45, 7) is 0. The van der Waals surface area contributed by atoms with Crippen molar-refractivity contribution in [1.82, 2.24) is 10.2 Å². The molecule has 0 aliphatic rings. The topological polar surface area (TPSA) is 55.0 Å². The molecular formula is C10H8F2N2O2. The lowest BCUT2D eigenvalue weighted by Crippen LogP contribution is -2.02. The van der Waals surface area contributed by atoms with Crippen LogP contribution in [0.1, 0.15) is 22.5 Å². The number of benzene rings is 1. The number of nitrogens with zero attached hydrogens (tertiary/aromatic N) is 1. The number of rotatable bonds is 2. The van der Waals surface area contributed by atoms with Crippen molar-refractivity contribution in [3.8, 4) is 0 Å². The third-order valence-corrected chi connectivity index (χ3v) is 2.23. The highest BCUT2D eigenvalue weighted by molar-refractivity contribution is 6.04. The maximum Gasteiger partial charge on any atom is 0.338 e. The molecule has 1 aromatic carbocycles. The van der Waals surface area contributed by atoms with Crippen molar-refractivity contribution in [1.29, 1.82) is 0 Å². The fraction of sp³-hybridized carbons (Fsp3) is 0.200. The Morgan fingerprint density at radius 3 is 2.88 bits per heavy atom. The van der Waals surface area contributed by atoms with Crippen LogP contribution in [0.5, 0.6) is 0 Å². The number of carbonyl (C=O) groups is 1. The minimum atomic E-state index is -2.71. The quantitative estimate of drug-likeness (QED) is 0.799. The van der Waals surface area contributed by atoms with Gasteiger partial charge in [-0.15, -0.1) is 0 Å². The number of nitrogens with one attached hydrogen (secondary N) is 1. The Labute approximate surface area is 89.2 Å². The monoisotopic (exact) mass is 226 g/mol. The van der Waals surface area contributed by atoms with Crippen LogP contribution >= 0.6 is 0 Å². The normalized spacial score (nSPS) is 11.0. The van der Waals surface area contributed by atoms with E-state index in [2.05, 4.69) is 14.9 Å². The van der Waals surface area contributed by atoms with Crippen LogP contribution in [0.3, 0.4) is 0 Å². The molecule has 2 rings (SSSR count).